The fourth-order valence-corrected chi connectivity index (χ4v) is 3.63. The molecule has 1 saturated heterocycles. The molecule has 2 N–H and O–H groups in total. The number of nitrogens with zero attached hydrogens (tertiary/aromatic N) is 1. The number of halogens is 2. The first kappa shape index (κ1) is 21.4. The SMILES string of the molecule is CCc1cccc(CC)c1NC(=O)CN1C(=O)N[C@@](C)(c2cc(F)ccc2F)C1=O. The maximum absolute atomic E-state index is 14.2. The number of amides is 4. The molecule has 0 spiro atoms. The van der Waals surface area contributed by atoms with E-state index in [1.165, 1.54) is 6.92 Å². The summed E-state index contributed by atoms with van der Waals surface area (Å²) in [6, 6.07) is 7.52. The molecule has 0 aromatic heterocycles. The van der Waals surface area contributed by atoms with Crippen molar-refractivity contribution in [1.29, 1.82) is 0 Å². The van der Waals surface area contributed by atoms with E-state index in [9.17, 15) is 23.2 Å². The van der Waals surface area contributed by atoms with Crippen molar-refractivity contribution in [3.8, 4) is 0 Å². The Bertz CT molecular complexity index is 1000. The Hall–Kier alpha value is -3.29. The Labute approximate surface area is 173 Å². The summed E-state index contributed by atoms with van der Waals surface area (Å²) in [5.41, 5.74) is 0.435. The minimum Gasteiger partial charge on any atom is -0.324 e. The van der Waals surface area contributed by atoms with E-state index in [1.54, 1.807) is 0 Å². The molecule has 30 heavy (non-hydrogen) atoms. The van der Waals surface area contributed by atoms with Crippen LogP contribution in [0.1, 0.15) is 37.5 Å². The van der Waals surface area contributed by atoms with Gasteiger partial charge in [0.1, 0.15) is 23.7 Å². The third kappa shape index (κ3) is 3.77. The van der Waals surface area contributed by atoms with Crippen molar-refractivity contribution in [3.63, 3.8) is 0 Å². The van der Waals surface area contributed by atoms with Crippen LogP contribution in [0.15, 0.2) is 36.4 Å². The standard InChI is InChI=1S/C22H23F2N3O3/c1-4-13-7-6-8-14(5-2)19(13)25-18(28)12-27-20(29)22(3,26-21(27)30)16-11-15(23)9-10-17(16)24/h6-11H,4-5,12H2,1-3H3,(H,25,28)(H,26,30)/t22-/m0/s1. The van der Waals surface area contributed by atoms with Crippen LogP contribution in [0.4, 0.5) is 19.3 Å². The van der Waals surface area contributed by atoms with Gasteiger partial charge in [0.15, 0.2) is 0 Å². The van der Waals surface area contributed by atoms with Crippen molar-refractivity contribution in [2.75, 3.05) is 11.9 Å². The number of urea groups is 1. The van der Waals surface area contributed by atoms with Gasteiger partial charge in [-0.05, 0) is 49.1 Å². The smallest absolute Gasteiger partial charge is 0.324 e. The second kappa shape index (κ2) is 8.22. The summed E-state index contributed by atoms with van der Waals surface area (Å²) in [7, 11) is 0. The van der Waals surface area contributed by atoms with Crippen molar-refractivity contribution in [2.24, 2.45) is 0 Å². The van der Waals surface area contributed by atoms with Crippen LogP contribution in [0.3, 0.4) is 0 Å². The van der Waals surface area contributed by atoms with Crippen molar-refractivity contribution in [2.45, 2.75) is 39.2 Å². The van der Waals surface area contributed by atoms with Gasteiger partial charge in [0.05, 0.1) is 0 Å². The number of imide groups is 1. The van der Waals surface area contributed by atoms with Gasteiger partial charge in [0.2, 0.25) is 5.91 Å². The molecule has 0 saturated carbocycles. The summed E-state index contributed by atoms with van der Waals surface area (Å²) < 4.78 is 27.9. The molecule has 0 aliphatic carbocycles. The number of benzene rings is 2. The summed E-state index contributed by atoms with van der Waals surface area (Å²) in [5.74, 6) is -2.96. The lowest BCUT2D eigenvalue weighted by atomic mass is 9.91. The fourth-order valence-electron chi connectivity index (χ4n) is 3.63. The molecule has 4 amide bonds. The number of aryl methyl sites for hydroxylation is 2. The third-order valence-corrected chi connectivity index (χ3v) is 5.31. The van der Waals surface area contributed by atoms with E-state index in [0.29, 0.717) is 23.4 Å². The normalized spacial score (nSPS) is 18.5. The number of anilines is 1. The molecule has 3 rings (SSSR count). The van der Waals surface area contributed by atoms with Crippen molar-refractivity contribution in [1.82, 2.24) is 10.2 Å². The van der Waals surface area contributed by atoms with Gasteiger partial charge < -0.3 is 10.6 Å². The van der Waals surface area contributed by atoms with E-state index < -0.39 is 41.6 Å². The molecule has 2 aromatic carbocycles. The second-order valence-corrected chi connectivity index (χ2v) is 7.28. The number of carbonyl (C=O) groups is 3. The molecule has 0 radical (unpaired) electrons. The predicted molar refractivity (Wildman–Crippen MR) is 108 cm³/mol. The highest BCUT2D eigenvalue weighted by Gasteiger charge is 2.50. The predicted octanol–water partition coefficient (Wildman–Crippen LogP) is 3.50. The fraction of sp³-hybridized carbons (Fsp3) is 0.318. The summed E-state index contributed by atoms with van der Waals surface area (Å²) >= 11 is 0. The zero-order chi connectivity index (χ0) is 22.1. The van der Waals surface area contributed by atoms with Gasteiger partial charge in [0.25, 0.3) is 5.91 Å². The molecule has 1 atom stereocenters. The minimum absolute atomic E-state index is 0.298. The van der Waals surface area contributed by atoms with Crippen LogP contribution >= 0.6 is 0 Å². The lowest BCUT2D eigenvalue weighted by molar-refractivity contribution is -0.133. The number of rotatable bonds is 6. The Morgan fingerprint density at radius 3 is 2.33 bits per heavy atom. The number of carbonyl (C=O) groups excluding carboxylic acids is 3. The van der Waals surface area contributed by atoms with Crippen LogP contribution in [0.2, 0.25) is 0 Å². The number of nitrogens with one attached hydrogen (secondary N) is 2. The molecule has 2 aromatic rings. The monoisotopic (exact) mass is 415 g/mol. The van der Waals surface area contributed by atoms with Gasteiger partial charge in [-0.3, -0.25) is 14.5 Å². The Morgan fingerprint density at radius 1 is 1.10 bits per heavy atom. The second-order valence-electron chi connectivity index (χ2n) is 7.28. The highest BCUT2D eigenvalue weighted by molar-refractivity contribution is 6.10. The zero-order valence-corrected chi connectivity index (χ0v) is 17.0. The van der Waals surface area contributed by atoms with E-state index >= 15 is 0 Å². The molecule has 158 valence electrons. The van der Waals surface area contributed by atoms with E-state index in [2.05, 4.69) is 10.6 Å². The van der Waals surface area contributed by atoms with Crippen LogP contribution in [-0.4, -0.2) is 29.3 Å². The lowest BCUT2D eigenvalue weighted by Gasteiger charge is -2.23. The largest absolute Gasteiger partial charge is 0.325 e. The highest BCUT2D eigenvalue weighted by atomic mass is 19.1. The molecule has 0 unspecified atom stereocenters. The average molecular weight is 415 g/mol. The van der Waals surface area contributed by atoms with Crippen LogP contribution in [0.25, 0.3) is 0 Å². The number of para-hydroxylation sites is 1. The van der Waals surface area contributed by atoms with Crippen molar-refractivity contribution < 1.29 is 23.2 Å². The van der Waals surface area contributed by atoms with Gasteiger partial charge in [0, 0.05) is 11.3 Å². The van der Waals surface area contributed by atoms with Crippen molar-refractivity contribution in [3.05, 3.63) is 64.7 Å². The molecule has 1 aliphatic heterocycles. The van der Waals surface area contributed by atoms with Gasteiger partial charge in [-0.1, -0.05) is 32.0 Å². The Kier molecular flexibility index (Phi) is 5.87. The zero-order valence-electron chi connectivity index (χ0n) is 17.0. The molecule has 1 fully saturated rings. The van der Waals surface area contributed by atoms with E-state index in [-0.39, 0.29) is 5.56 Å². The van der Waals surface area contributed by atoms with Gasteiger partial charge in [-0.2, -0.15) is 0 Å². The molecule has 1 heterocycles. The van der Waals surface area contributed by atoms with Gasteiger partial charge in [-0.15, -0.1) is 0 Å². The van der Waals surface area contributed by atoms with Gasteiger partial charge >= 0.3 is 6.03 Å². The van der Waals surface area contributed by atoms with Crippen LogP contribution < -0.4 is 10.6 Å². The summed E-state index contributed by atoms with van der Waals surface area (Å²) in [4.78, 5) is 38.7. The number of hydrogen-bond donors (Lipinski definition) is 2. The molecular formula is C22H23F2N3O3. The molecular weight excluding hydrogens is 392 g/mol. The summed E-state index contributed by atoms with van der Waals surface area (Å²) in [6.45, 7) is 4.66. The molecule has 8 heteroatoms. The topological polar surface area (TPSA) is 78.5 Å². The summed E-state index contributed by atoms with van der Waals surface area (Å²) in [5, 5.41) is 5.17. The molecule has 6 nitrogen and oxygen atoms in total. The van der Waals surface area contributed by atoms with Crippen LogP contribution in [0.5, 0.6) is 0 Å². The Morgan fingerprint density at radius 2 is 1.73 bits per heavy atom. The molecule has 1 aliphatic rings. The lowest BCUT2D eigenvalue weighted by Crippen LogP contribution is -2.42. The maximum atomic E-state index is 14.2. The number of hydrogen-bond acceptors (Lipinski definition) is 3. The van der Waals surface area contributed by atoms with E-state index in [0.717, 1.165) is 29.3 Å². The average Bonchev–Trinajstić information content (AvgIpc) is 2.93. The first-order valence-corrected chi connectivity index (χ1v) is 9.71. The maximum Gasteiger partial charge on any atom is 0.325 e. The van der Waals surface area contributed by atoms with Crippen LogP contribution in [0, 0.1) is 11.6 Å². The quantitative estimate of drug-likeness (QED) is 0.709. The third-order valence-electron chi connectivity index (χ3n) is 5.31. The highest BCUT2D eigenvalue weighted by Crippen LogP contribution is 2.31. The van der Waals surface area contributed by atoms with E-state index in [1.807, 2.05) is 32.0 Å². The Balaban J connectivity index is 1.83. The summed E-state index contributed by atoms with van der Waals surface area (Å²) in [6.07, 6.45) is 1.40. The van der Waals surface area contributed by atoms with Crippen LogP contribution in [-0.2, 0) is 28.0 Å². The first-order chi connectivity index (χ1) is 14.2. The van der Waals surface area contributed by atoms with E-state index in [4.69, 9.17) is 0 Å². The minimum atomic E-state index is -1.81. The molecule has 0 bridgehead atoms. The van der Waals surface area contributed by atoms with Crippen molar-refractivity contribution >= 4 is 23.5 Å². The first-order valence-electron chi connectivity index (χ1n) is 9.71. The van der Waals surface area contributed by atoms with Gasteiger partial charge in [-0.25, -0.2) is 13.6 Å².